The lowest BCUT2D eigenvalue weighted by molar-refractivity contribution is -0.127. The van der Waals surface area contributed by atoms with E-state index in [2.05, 4.69) is 10.6 Å². The number of hydrogen-bond acceptors (Lipinski definition) is 3. The lowest BCUT2D eigenvalue weighted by Gasteiger charge is -2.24. The van der Waals surface area contributed by atoms with Gasteiger partial charge < -0.3 is 10.6 Å². The Morgan fingerprint density at radius 2 is 1.94 bits per heavy atom. The topological polar surface area (TPSA) is 61.4 Å². The molecule has 0 bridgehead atoms. The molecule has 0 aromatic rings. The van der Waals surface area contributed by atoms with Gasteiger partial charge in [-0.1, -0.05) is 6.92 Å². The highest BCUT2D eigenvalue weighted by Crippen LogP contribution is 2.21. The molecule has 104 valence electrons. The number of carbonyl (C=O) groups is 2. The molecule has 0 radical (unpaired) electrons. The summed E-state index contributed by atoms with van der Waals surface area (Å²) in [6.45, 7) is 4.56. The Morgan fingerprint density at radius 3 is 2.56 bits per heavy atom. The summed E-state index contributed by atoms with van der Waals surface area (Å²) >= 11 is 0. The molecule has 2 aliphatic heterocycles. The molecule has 3 amide bonds. The molecule has 6 heteroatoms. The van der Waals surface area contributed by atoms with E-state index in [1.54, 1.807) is 0 Å². The predicted molar refractivity (Wildman–Crippen MR) is 71.8 cm³/mol. The van der Waals surface area contributed by atoms with Crippen molar-refractivity contribution < 1.29 is 9.59 Å². The van der Waals surface area contributed by atoms with Gasteiger partial charge in [-0.25, -0.2) is 4.79 Å². The SMILES string of the molecule is CCCN1C(=O)NC(CC2CCNCC2)C1=O.Cl. The molecule has 1 atom stereocenters. The highest BCUT2D eigenvalue weighted by Gasteiger charge is 2.38. The Morgan fingerprint density at radius 1 is 1.28 bits per heavy atom. The van der Waals surface area contributed by atoms with Crippen LogP contribution >= 0.6 is 12.4 Å². The van der Waals surface area contributed by atoms with Crippen LogP contribution in [-0.4, -0.2) is 42.5 Å². The fourth-order valence-electron chi connectivity index (χ4n) is 2.62. The third-order valence-corrected chi connectivity index (χ3v) is 3.58. The van der Waals surface area contributed by atoms with Crippen LogP contribution in [0.25, 0.3) is 0 Å². The van der Waals surface area contributed by atoms with Gasteiger partial charge in [0.15, 0.2) is 0 Å². The number of nitrogens with one attached hydrogen (secondary N) is 2. The van der Waals surface area contributed by atoms with Crippen LogP contribution in [0, 0.1) is 5.92 Å². The molecule has 5 nitrogen and oxygen atoms in total. The van der Waals surface area contributed by atoms with Crippen molar-refractivity contribution in [2.45, 2.75) is 38.6 Å². The van der Waals surface area contributed by atoms with Crippen LogP contribution < -0.4 is 10.6 Å². The molecular formula is C12H22ClN3O2. The van der Waals surface area contributed by atoms with Gasteiger partial charge in [0.05, 0.1) is 0 Å². The van der Waals surface area contributed by atoms with E-state index in [4.69, 9.17) is 0 Å². The number of amides is 3. The summed E-state index contributed by atoms with van der Waals surface area (Å²) < 4.78 is 0. The monoisotopic (exact) mass is 275 g/mol. The molecule has 2 N–H and O–H groups in total. The molecular weight excluding hydrogens is 254 g/mol. The average molecular weight is 276 g/mol. The van der Waals surface area contributed by atoms with Gasteiger partial charge >= 0.3 is 6.03 Å². The quantitative estimate of drug-likeness (QED) is 0.756. The number of rotatable bonds is 4. The molecule has 2 heterocycles. The first-order valence-electron chi connectivity index (χ1n) is 6.55. The smallest absolute Gasteiger partial charge is 0.324 e. The van der Waals surface area contributed by atoms with Gasteiger partial charge in [-0.05, 0) is 44.7 Å². The summed E-state index contributed by atoms with van der Waals surface area (Å²) in [7, 11) is 0. The van der Waals surface area contributed by atoms with Crippen LogP contribution in [0.4, 0.5) is 4.79 Å². The Kier molecular flexibility index (Phi) is 5.88. The van der Waals surface area contributed by atoms with Gasteiger partial charge in [0, 0.05) is 6.54 Å². The molecule has 2 saturated heterocycles. The van der Waals surface area contributed by atoms with E-state index in [1.165, 1.54) is 4.90 Å². The van der Waals surface area contributed by atoms with Crippen LogP contribution in [0.15, 0.2) is 0 Å². The van der Waals surface area contributed by atoms with Crippen LogP contribution in [0.1, 0.15) is 32.6 Å². The van der Waals surface area contributed by atoms with Crippen molar-refractivity contribution in [2.24, 2.45) is 5.92 Å². The van der Waals surface area contributed by atoms with Gasteiger partial charge in [0.1, 0.15) is 6.04 Å². The number of halogens is 1. The van der Waals surface area contributed by atoms with Gasteiger partial charge in [-0.3, -0.25) is 9.69 Å². The Labute approximate surface area is 114 Å². The Hall–Kier alpha value is -0.810. The predicted octanol–water partition coefficient (Wildman–Crippen LogP) is 1.13. The highest BCUT2D eigenvalue weighted by atomic mass is 35.5. The number of piperidine rings is 1. The summed E-state index contributed by atoms with van der Waals surface area (Å²) in [4.78, 5) is 25.0. The third-order valence-electron chi connectivity index (χ3n) is 3.58. The number of hydrogen-bond donors (Lipinski definition) is 2. The van der Waals surface area contributed by atoms with Crippen molar-refractivity contribution in [3.63, 3.8) is 0 Å². The number of urea groups is 1. The minimum absolute atomic E-state index is 0. The van der Waals surface area contributed by atoms with Crippen molar-refractivity contribution >= 4 is 24.3 Å². The first-order chi connectivity index (χ1) is 8.22. The molecule has 2 aliphatic rings. The lowest BCUT2D eigenvalue weighted by Crippen LogP contribution is -2.36. The second kappa shape index (κ2) is 6.95. The Bertz CT molecular complexity index is 306. The second-order valence-electron chi connectivity index (χ2n) is 4.92. The fraction of sp³-hybridized carbons (Fsp3) is 0.833. The number of imide groups is 1. The summed E-state index contributed by atoms with van der Waals surface area (Å²) in [6, 6.07) is -0.493. The molecule has 0 saturated carbocycles. The molecule has 2 fully saturated rings. The zero-order chi connectivity index (χ0) is 12.3. The maximum atomic E-state index is 12.0. The zero-order valence-corrected chi connectivity index (χ0v) is 11.6. The van der Waals surface area contributed by atoms with E-state index in [0.29, 0.717) is 12.5 Å². The molecule has 1 unspecified atom stereocenters. The van der Waals surface area contributed by atoms with Crippen LogP contribution in [0.3, 0.4) is 0 Å². The zero-order valence-electron chi connectivity index (χ0n) is 10.8. The van der Waals surface area contributed by atoms with Crippen LogP contribution in [-0.2, 0) is 4.79 Å². The van der Waals surface area contributed by atoms with Gasteiger partial charge in [-0.2, -0.15) is 0 Å². The van der Waals surface area contributed by atoms with Crippen molar-refractivity contribution in [3.8, 4) is 0 Å². The molecule has 2 rings (SSSR count). The maximum absolute atomic E-state index is 12.0. The van der Waals surface area contributed by atoms with Crippen molar-refractivity contribution in [1.29, 1.82) is 0 Å². The van der Waals surface area contributed by atoms with Crippen LogP contribution in [0.2, 0.25) is 0 Å². The van der Waals surface area contributed by atoms with E-state index in [-0.39, 0.29) is 30.4 Å². The van der Waals surface area contributed by atoms with E-state index in [9.17, 15) is 9.59 Å². The van der Waals surface area contributed by atoms with E-state index in [0.717, 1.165) is 38.8 Å². The first kappa shape index (κ1) is 15.2. The summed E-state index contributed by atoms with van der Waals surface area (Å²) in [6.07, 6.45) is 3.83. The van der Waals surface area contributed by atoms with E-state index in [1.807, 2.05) is 6.92 Å². The summed E-state index contributed by atoms with van der Waals surface area (Å²) in [5, 5.41) is 6.11. The molecule has 0 aromatic heterocycles. The van der Waals surface area contributed by atoms with Crippen molar-refractivity contribution in [1.82, 2.24) is 15.5 Å². The minimum atomic E-state index is -0.280. The number of carbonyl (C=O) groups excluding carboxylic acids is 2. The standard InChI is InChI=1S/C12H21N3O2.ClH/c1-2-7-15-11(16)10(14-12(15)17)8-9-3-5-13-6-4-9;/h9-10,13H,2-8H2,1H3,(H,14,17);1H. The molecule has 0 aromatic carbocycles. The Balaban J connectivity index is 0.00000162. The van der Waals surface area contributed by atoms with Crippen LogP contribution in [0.5, 0.6) is 0 Å². The second-order valence-corrected chi connectivity index (χ2v) is 4.92. The molecule has 18 heavy (non-hydrogen) atoms. The fourth-order valence-corrected chi connectivity index (χ4v) is 2.62. The van der Waals surface area contributed by atoms with Crippen molar-refractivity contribution in [3.05, 3.63) is 0 Å². The van der Waals surface area contributed by atoms with Gasteiger partial charge in [0.25, 0.3) is 5.91 Å². The van der Waals surface area contributed by atoms with Gasteiger partial charge in [-0.15, -0.1) is 12.4 Å². The maximum Gasteiger partial charge on any atom is 0.324 e. The first-order valence-corrected chi connectivity index (χ1v) is 6.55. The normalized spacial score (nSPS) is 24.9. The average Bonchev–Trinajstić information content (AvgIpc) is 2.59. The highest BCUT2D eigenvalue weighted by molar-refractivity contribution is 6.04. The number of nitrogens with zero attached hydrogens (tertiary/aromatic N) is 1. The van der Waals surface area contributed by atoms with Crippen molar-refractivity contribution in [2.75, 3.05) is 19.6 Å². The van der Waals surface area contributed by atoms with Gasteiger partial charge in [0.2, 0.25) is 0 Å². The minimum Gasteiger partial charge on any atom is -0.326 e. The summed E-state index contributed by atoms with van der Waals surface area (Å²) in [5.74, 6) is 0.530. The summed E-state index contributed by atoms with van der Waals surface area (Å²) in [5.41, 5.74) is 0. The molecule has 0 spiro atoms. The van der Waals surface area contributed by atoms with E-state index >= 15 is 0 Å². The lowest BCUT2D eigenvalue weighted by atomic mass is 9.91. The third kappa shape index (κ3) is 3.36. The van der Waals surface area contributed by atoms with E-state index < -0.39 is 0 Å². The molecule has 0 aliphatic carbocycles. The largest absolute Gasteiger partial charge is 0.326 e.